The lowest BCUT2D eigenvalue weighted by Gasteiger charge is -2.12. The van der Waals surface area contributed by atoms with Crippen LogP contribution in [0.25, 0.3) is 0 Å². The fourth-order valence-electron chi connectivity index (χ4n) is 1.32. The normalized spacial score (nSPS) is 12.3. The van der Waals surface area contributed by atoms with Gasteiger partial charge in [-0.05, 0) is 37.1 Å². The Morgan fingerprint density at radius 1 is 1.59 bits per heavy atom. The van der Waals surface area contributed by atoms with Crippen LogP contribution in [0.3, 0.4) is 0 Å². The zero-order valence-electron chi connectivity index (χ0n) is 9.99. The molecule has 0 heterocycles. The van der Waals surface area contributed by atoms with Gasteiger partial charge in [-0.1, -0.05) is 0 Å². The lowest BCUT2D eigenvalue weighted by Crippen LogP contribution is -2.04. The molecule has 0 saturated carbocycles. The van der Waals surface area contributed by atoms with E-state index in [0.717, 1.165) is 0 Å². The first-order valence-corrected chi connectivity index (χ1v) is 6.12. The van der Waals surface area contributed by atoms with Crippen LogP contribution in [0.5, 0.6) is 0 Å². The monoisotopic (exact) mass is 258 g/mol. The number of methoxy groups -OCH3 is 1. The summed E-state index contributed by atoms with van der Waals surface area (Å²) in [4.78, 5) is 11.7. The zero-order valence-corrected chi connectivity index (χ0v) is 10.8. The third-order valence-corrected chi connectivity index (χ3v) is 3.36. The quantitative estimate of drug-likeness (QED) is 0.665. The Bertz CT molecular complexity index is 418. The van der Waals surface area contributed by atoms with Crippen LogP contribution in [0.4, 0.5) is 4.39 Å². The Morgan fingerprint density at radius 3 is 2.76 bits per heavy atom. The second-order valence-electron chi connectivity index (χ2n) is 3.68. The molecule has 1 N–H and O–H groups in total. The van der Waals surface area contributed by atoms with Crippen molar-refractivity contribution in [1.29, 1.82) is 0 Å². The van der Waals surface area contributed by atoms with E-state index in [0.29, 0.717) is 16.0 Å². The highest BCUT2D eigenvalue weighted by Gasteiger charge is 2.13. The minimum Gasteiger partial charge on any atom is -0.468 e. The number of rotatable bonds is 4. The number of aliphatic hydroxyl groups excluding tert-OH is 1. The maximum atomic E-state index is 13.4. The van der Waals surface area contributed by atoms with Gasteiger partial charge in [-0.15, -0.1) is 11.8 Å². The van der Waals surface area contributed by atoms with E-state index in [1.807, 2.05) is 0 Å². The Labute approximate surface area is 104 Å². The van der Waals surface area contributed by atoms with Crippen LogP contribution in [0.1, 0.15) is 24.2 Å². The first-order valence-electron chi connectivity index (χ1n) is 5.13. The van der Waals surface area contributed by atoms with Gasteiger partial charge in [-0.3, -0.25) is 4.79 Å². The van der Waals surface area contributed by atoms with Crippen LogP contribution in [0.2, 0.25) is 0 Å². The summed E-state index contributed by atoms with van der Waals surface area (Å²) in [6.45, 7) is 3.20. The number of hydrogen-bond donors (Lipinski definition) is 1. The summed E-state index contributed by atoms with van der Waals surface area (Å²) in [5, 5.41) is 9.55. The third-order valence-electron chi connectivity index (χ3n) is 2.31. The topological polar surface area (TPSA) is 46.5 Å². The Morgan fingerprint density at radius 2 is 2.24 bits per heavy atom. The number of halogens is 1. The molecule has 0 aromatic heterocycles. The molecule has 5 heteroatoms. The summed E-state index contributed by atoms with van der Waals surface area (Å²) < 4.78 is 17.9. The van der Waals surface area contributed by atoms with E-state index < -0.39 is 6.10 Å². The van der Waals surface area contributed by atoms with Crippen molar-refractivity contribution in [3.8, 4) is 0 Å². The summed E-state index contributed by atoms with van der Waals surface area (Å²) in [5.41, 5.74) is 0.976. The number of ether oxygens (including phenoxy) is 1. The van der Waals surface area contributed by atoms with E-state index in [9.17, 15) is 14.3 Å². The smallest absolute Gasteiger partial charge is 0.315 e. The molecular formula is C12H15FO3S. The summed E-state index contributed by atoms with van der Waals surface area (Å²) in [6.07, 6.45) is -0.773. The van der Waals surface area contributed by atoms with Gasteiger partial charge in [-0.25, -0.2) is 4.39 Å². The number of aryl methyl sites for hydroxylation is 1. The van der Waals surface area contributed by atoms with E-state index in [-0.39, 0.29) is 17.5 Å². The predicted octanol–water partition coefficient (Wildman–Crippen LogP) is 2.45. The maximum absolute atomic E-state index is 13.4. The second-order valence-corrected chi connectivity index (χ2v) is 4.70. The predicted molar refractivity (Wildman–Crippen MR) is 64.5 cm³/mol. The number of esters is 1. The number of aliphatic hydroxyl groups is 1. The highest BCUT2D eigenvalue weighted by Crippen LogP contribution is 2.30. The van der Waals surface area contributed by atoms with Crippen LogP contribution in [-0.4, -0.2) is 23.9 Å². The molecule has 0 aliphatic rings. The lowest BCUT2D eigenvalue weighted by molar-refractivity contribution is -0.137. The standard InChI is InChI=1S/C12H15FO3S/c1-7-4-11(17-6-12(15)16-3)9(8(2)14)5-10(7)13/h4-5,8,14H,6H2,1-3H3. The molecule has 0 saturated heterocycles. The van der Waals surface area contributed by atoms with Crippen LogP contribution in [0.15, 0.2) is 17.0 Å². The van der Waals surface area contributed by atoms with Gasteiger partial charge in [0.25, 0.3) is 0 Å². The summed E-state index contributed by atoms with van der Waals surface area (Å²) in [7, 11) is 1.31. The summed E-state index contributed by atoms with van der Waals surface area (Å²) in [5.74, 6) is -0.571. The van der Waals surface area contributed by atoms with E-state index in [1.54, 1.807) is 19.9 Å². The Hall–Kier alpha value is -1.07. The molecule has 0 aliphatic carbocycles. The van der Waals surface area contributed by atoms with Crippen molar-refractivity contribution in [3.05, 3.63) is 29.1 Å². The van der Waals surface area contributed by atoms with Crippen molar-refractivity contribution in [1.82, 2.24) is 0 Å². The average Bonchev–Trinajstić information content (AvgIpc) is 2.29. The van der Waals surface area contributed by atoms with Crippen LogP contribution >= 0.6 is 11.8 Å². The largest absolute Gasteiger partial charge is 0.468 e. The van der Waals surface area contributed by atoms with Crippen molar-refractivity contribution in [2.24, 2.45) is 0 Å². The molecule has 1 unspecified atom stereocenters. The number of benzene rings is 1. The fraction of sp³-hybridized carbons (Fsp3) is 0.417. The molecule has 0 bridgehead atoms. The van der Waals surface area contributed by atoms with Crippen molar-refractivity contribution in [2.75, 3.05) is 12.9 Å². The first-order chi connectivity index (χ1) is 7.95. The Kier molecular flexibility index (Phi) is 4.96. The minimum absolute atomic E-state index is 0.140. The van der Waals surface area contributed by atoms with Crippen LogP contribution in [-0.2, 0) is 9.53 Å². The van der Waals surface area contributed by atoms with Gasteiger partial charge >= 0.3 is 5.97 Å². The maximum Gasteiger partial charge on any atom is 0.315 e. The van der Waals surface area contributed by atoms with Gasteiger partial charge in [0.1, 0.15) is 5.82 Å². The highest BCUT2D eigenvalue weighted by molar-refractivity contribution is 8.00. The van der Waals surface area contributed by atoms with Crippen molar-refractivity contribution < 1.29 is 19.0 Å². The van der Waals surface area contributed by atoms with Gasteiger partial charge in [0.15, 0.2) is 0 Å². The molecule has 1 aromatic carbocycles. The highest BCUT2D eigenvalue weighted by atomic mass is 32.2. The number of hydrogen-bond acceptors (Lipinski definition) is 4. The fourth-order valence-corrected chi connectivity index (χ4v) is 2.36. The molecule has 1 atom stereocenters. The van der Waals surface area contributed by atoms with Crippen LogP contribution < -0.4 is 0 Å². The van der Waals surface area contributed by atoms with E-state index in [1.165, 1.54) is 24.9 Å². The molecule has 3 nitrogen and oxygen atoms in total. The summed E-state index contributed by atoms with van der Waals surface area (Å²) >= 11 is 1.23. The molecule has 17 heavy (non-hydrogen) atoms. The van der Waals surface area contributed by atoms with Crippen molar-refractivity contribution in [3.63, 3.8) is 0 Å². The molecular weight excluding hydrogens is 243 g/mol. The van der Waals surface area contributed by atoms with E-state index in [4.69, 9.17) is 0 Å². The molecule has 1 rings (SSSR count). The number of carbonyl (C=O) groups excluding carboxylic acids is 1. The van der Waals surface area contributed by atoms with Gasteiger partial charge in [-0.2, -0.15) is 0 Å². The molecule has 0 spiro atoms. The second kappa shape index (κ2) is 6.02. The SMILES string of the molecule is COC(=O)CSc1cc(C)c(F)cc1C(C)O. The summed E-state index contributed by atoms with van der Waals surface area (Å²) in [6, 6.07) is 2.94. The molecule has 0 amide bonds. The van der Waals surface area contributed by atoms with Gasteiger partial charge < -0.3 is 9.84 Å². The average molecular weight is 258 g/mol. The van der Waals surface area contributed by atoms with Gasteiger partial charge in [0, 0.05) is 4.90 Å². The van der Waals surface area contributed by atoms with Gasteiger partial charge in [0.05, 0.1) is 19.0 Å². The molecule has 94 valence electrons. The van der Waals surface area contributed by atoms with Crippen molar-refractivity contribution >= 4 is 17.7 Å². The zero-order chi connectivity index (χ0) is 13.0. The number of carbonyl (C=O) groups is 1. The first kappa shape index (κ1) is 14.0. The van der Waals surface area contributed by atoms with E-state index in [2.05, 4.69) is 4.74 Å². The molecule has 1 aromatic rings. The molecule has 0 aliphatic heterocycles. The van der Waals surface area contributed by atoms with Crippen LogP contribution in [0, 0.1) is 12.7 Å². The lowest BCUT2D eigenvalue weighted by atomic mass is 10.1. The van der Waals surface area contributed by atoms with Gasteiger partial charge in [0.2, 0.25) is 0 Å². The van der Waals surface area contributed by atoms with Crippen molar-refractivity contribution in [2.45, 2.75) is 24.8 Å². The number of thioether (sulfide) groups is 1. The third kappa shape index (κ3) is 3.71. The van der Waals surface area contributed by atoms with E-state index >= 15 is 0 Å². The molecule has 0 radical (unpaired) electrons. The Balaban J connectivity index is 2.96. The minimum atomic E-state index is -0.773. The molecule has 0 fully saturated rings.